The number of hydrogen-bond donors (Lipinski definition) is 0. The Morgan fingerprint density at radius 2 is 1.13 bits per heavy atom. The van der Waals surface area contributed by atoms with Crippen LogP contribution >= 0.6 is 0 Å². The summed E-state index contributed by atoms with van der Waals surface area (Å²) in [5.41, 5.74) is 5.54. The van der Waals surface area contributed by atoms with Crippen molar-refractivity contribution in [3.63, 3.8) is 0 Å². The number of aldehydes is 2. The van der Waals surface area contributed by atoms with Crippen molar-refractivity contribution >= 4 is 12.6 Å². The maximum atomic E-state index is 10.6. The molecule has 0 heterocycles. The molecule has 2 nitrogen and oxygen atoms in total. The van der Waals surface area contributed by atoms with Crippen molar-refractivity contribution in [2.75, 3.05) is 0 Å². The Morgan fingerprint density at radius 3 is 1.57 bits per heavy atom. The first-order valence-electron chi connectivity index (χ1n) is 11.0. The van der Waals surface area contributed by atoms with E-state index in [4.69, 9.17) is 0 Å². The molecule has 2 aromatic rings. The monoisotopic (exact) mass is 408 g/mol. The Hall–Kier alpha value is -2.22. The number of hydrogen-bond acceptors (Lipinski definition) is 2. The largest absolute Gasteiger partial charge is 0.303 e. The Bertz CT molecular complexity index is 789. The Balaban J connectivity index is 0.000000300. The van der Waals surface area contributed by atoms with Gasteiger partial charge in [0.15, 0.2) is 0 Å². The van der Waals surface area contributed by atoms with Crippen LogP contribution in [0.15, 0.2) is 48.5 Å². The highest BCUT2D eigenvalue weighted by molar-refractivity contribution is 5.54. The van der Waals surface area contributed by atoms with Gasteiger partial charge in [0.1, 0.15) is 12.6 Å². The summed E-state index contributed by atoms with van der Waals surface area (Å²) < 4.78 is 0. The van der Waals surface area contributed by atoms with E-state index in [1.807, 2.05) is 13.8 Å². The molecule has 0 aliphatic heterocycles. The summed E-state index contributed by atoms with van der Waals surface area (Å²) in [5.74, 6) is 0.228. The molecular formula is C28H40O2. The van der Waals surface area contributed by atoms with E-state index in [0.717, 1.165) is 25.4 Å². The molecule has 2 aromatic carbocycles. The molecule has 0 saturated heterocycles. The molecule has 0 aromatic heterocycles. The summed E-state index contributed by atoms with van der Waals surface area (Å²) in [5, 5.41) is 0. The van der Waals surface area contributed by atoms with Gasteiger partial charge in [0.05, 0.1) is 0 Å². The van der Waals surface area contributed by atoms with Crippen molar-refractivity contribution in [3.05, 3.63) is 70.8 Å². The van der Waals surface area contributed by atoms with Crippen molar-refractivity contribution in [1.29, 1.82) is 0 Å². The lowest BCUT2D eigenvalue weighted by molar-refractivity contribution is -0.111. The van der Waals surface area contributed by atoms with Crippen molar-refractivity contribution in [2.45, 2.75) is 79.1 Å². The summed E-state index contributed by atoms with van der Waals surface area (Å²) in [7, 11) is 0. The predicted octanol–water partition coefficient (Wildman–Crippen LogP) is 6.72. The van der Waals surface area contributed by atoms with Gasteiger partial charge in [-0.1, -0.05) is 104 Å². The molecule has 0 amide bonds. The van der Waals surface area contributed by atoms with E-state index in [1.54, 1.807) is 0 Å². The standard InChI is InChI=1S/2C14H20O/c1-11(10-15)9-12-5-7-13(8-6-12)14(2,3)4;1-11(10-15)8-12-6-5-7-13(9-12)14(2,3)4/h5-8,10-11H,9H2,1-4H3;5-7,9-11H,8H2,1-4H3. The zero-order chi connectivity index (χ0) is 22.9. The lowest BCUT2D eigenvalue weighted by atomic mass is 9.85. The van der Waals surface area contributed by atoms with Crippen LogP contribution in [0.1, 0.15) is 77.6 Å². The Kier molecular flexibility index (Phi) is 9.68. The SMILES string of the molecule is CC(C=O)Cc1ccc(C(C)(C)C)cc1.CC(C=O)Cc1cccc(C(C)(C)C)c1. The van der Waals surface area contributed by atoms with E-state index in [2.05, 4.69) is 90.1 Å². The van der Waals surface area contributed by atoms with Gasteiger partial charge >= 0.3 is 0 Å². The van der Waals surface area contributed by atoms with E-state index in [1.165, 1.54) is 22.3 Å². The van der Waals surface area contributed by atoms with E-state index in [0.29, 0.717) is 0 Å². The highest BCUT2D eigenvalue weighted by Gasteiger charge is 2.14. The van der Waals surface area contributed by atoms with Gasteiger partial charge in [-0.25, -0.2) is 0 Å². The molecule has 2 heteroatoms. The van der Waals surface area contributed by atoms with Gasteiger partial charge in [-0.2, -0.15) is 0 Å². The van der Waals surface area contributed by atoms with E-state index < -0.39 is 0 Å². The second kappa shape index (κ2) is 11.2. The normalized spacial score (nSPS) is 13.6. The third-order valence-corrected chi connectivity index (χ3v) is 5.19. The van der Waals surface area contributed by atoms with Crippen LogP contribution in [0.5, 0.6) is 0 Å². The van der Waals surface area contributed by atoms with Gasteiger partial charge in [-0.3, -0.25) is 0 Å². The van der Waals surface area contributed by atoms with Crippen LogP contribution in [-0.2, 0) is 33.3 Å². The van der Waals surface area contributed by atoms with Crippen LogP contribution in [0, 0.1) is 11.8 Å². The third-order valence-electron chi connectivity index (χ3n) is 5.19. The average molecular weight is 409 g/mol. The molecule has 30 heavy (non-hydrogen) atoms. The van der Waals surface area contributed by atoms with Gasteiger partial charge in [-0.15, -0.1) is 0 Å². The van der Waals surface area contributed by atoms with Crippen molar-refractivity contribution < 1.29 is 9.59 Å². The second-order valence-electron chi connectivity index (χ2n) is 10.5. The summed E-state index contributed by atoms with van der Waals surface area (Å²) in [4.78, 5) is 21.1. The fourth-order valence-corrected chi connectivity index (χ4v) is 3.15. The summed E-state index contributed by atoms with van der Waals surface area (Å²) >= 11 is 0. The number of carbonyl (C=O) groups excluding carboxylic acids is 2. The van der Waals surface area contributed by atoms with E-state index in [-0.39, 0.29) is 22.7 Å². The molecule has 0 fully saturated rings. The zero-order valence-electron chi connectivity index (χ0n) is 20.2. The van der Waals surface area contributed by atoms with Crippen LogP contribution < -0.4 is 0 Å². The summed E-state index contributed by atoms with van der Waals surface area (Å²) in [6.07, 6.45) is 3.71. The fourth-order valence-electron chi connectivity index (χ4n) is 3.15. The third kappa shape index (κ3) is 9.07. The number of benzene rings is 2. The quantitative estimate of drug-likeness (QED) is 0.497. The maximum absolute atomic E-state index is 10.6. The predicted molar refractivity (Wildman–Crippen MR) is 128 cm³/mol. The number of carbonyl (C=O) groups is 2. The molecule has 0 saturated carbocycles. The first kappa shape index (κ1) is 25.8. The van der Waals surface area contributed by atoms with Gasteiger partial charge in [-0.05, 0) is 45.9 Å². The summed E-state index contributed by atoms with van der Waals surface area (Å²) in [6, 6.07) is 17.1. The Morgan fingerprint density at radius 1 is 0.667 bits per heavy atom. The molecule has 0 aliphatic carbocycles. The minimum atomic E-state index is 0.111. The van der Waals surface area contributed by atoms with E-state index >= 15 is 0 Å². The fraction of sp³-hybridized carbons (Fsp3) is 0.500. The van der Waals surface area contributed by atoms with Crippen LogP contribution in [0.3, 0.4) is 0 Å². The van der Waals surface area contributed by atoms with Gasteiger partial charge < -0.3 is 9.59 Å². The number of rotatable bonds is 6. The minimum absolute atomic E-state index is 0.111. The molecule has 2 atom stereocenters. The van der Waals surface area contributed by atoms with Crippen LogP contribution in [0.4, 0.5) is 0 Å². The van der Waals surface area contributed by atoms with Gasteiger partial charge in [0, 0.05) is 11.8 Å². The highest BCUT2D eigenvalue weighted by atomic mass is 16.1. The van der Waals surface area contributed by atoms with Crippen molar-refractivity contribution in [3.8, 4) is 0 Å². The molecule has 2 rings (SSSR count). The lowest BCUT2D eigenvalue weighted by Crippen LogP contribution is -2.11. The molecule has 2 unspecified atom stereocenters. The van der Waals surface area contributed by atoms with Crippen LogP contribution in [0.2, 0.25) is 0 Å². The molecular weight excluding hydrogens is 368 g/mol. The van der Waals surface area contributed by atoms with Gasteiger partial charge in [0.2, 0.25) is 0 Å². The van der Waals surface area contributed by atoms with Crippen molar-refractivity contribution in [2.24, 2.45) is 11.8 Å². The maximum Gasteiger partial charge on any atom is 0.123 e. The second-order valence-corrected chi connectivity index (χ2v) is 10.5. The first-order valence-corrected chi connectivity index (χ1v) is 11.0. The lowest BCUT2D eigenvalue weighted by Gasteiger charge is -2.20. The molecule has 0 bridgehead atoms. The highest BCUT2D eigenvalue weighted by Crippen LogP contribution is 2.24. The molecule has 0 spiro atoms. The summed E-state index contributed by atoms with van der Waals surface area (Å²) in [6.45, 7) is 17.1. The van der Waals surface area contributed by atoms with E-state index in [9.17, 15) is 9.59 Å². The first-order chi connectivity index (χ1) is 13.9. The zero-order valence-corrected chi connectivity index (χ0v) is 20.2. The molecule has 0 N–H and O–H groups in total. The molecule has 0 aliphatic rings. The molecule has 0 radical (unpaired) electrons. The van der Waals surface area contributed by atoms with Crippen LogP contribution in [0.25, 0.3) is 0 Å². The smallest absolute Gasteiger partial charge is 0.123 e. The topological polar surface area (TPSA) is 34.1 Å². The van der Waals surface area contributed by atoms with Gasteiger partial charge in [0.25, 0.3) is 0 Å². The van der Waals surface area contributed by atoms with Crippen molar-refractivity contribution in [1.82, 2.24) is 0 Å². The molecule has 164 valence electrons. The van der Waals surface area contributed by atoms with Crippen LogP contribution in [-0.4, -0.2) is 12.6 Å². The minimum Gasteiger partial charge on any atom is -0.303 e. The Labute approximate surface area is 184 Å². The average Bonchev–Trinajstić information content (AvgIpc) is 2.67.